The van der Waals surface area contributed by atoms with Crippen LogP contribution in [0.25, 0.3) is 0 Å². The largest absolute Gasteiger partial charge is 0.495 e. The molecule has 11 heteroatoms. The van der Waals surface area contributed by atoms with E-state index < -0.39 is 41.4 Å². The van der Waals surface area contributed by atoms with E-state index >= 15 is 0 Å². The maximum Gasteiger partial charge on any atom is 0.328 e. The van der Waals surface area contributed by atoms with Crippen LogP contribution in [-0.2, 0) is 35.1 Å². The van der Waals surface area contributed by atoms with E-state index in [1.165, 1.54) is 13.2 Å². The van der Waals surface area contributed by atoms with Gasteiger partial charge in [0.05, 0.1) is 23.7 Å². The van der Waals surface area contributed by atoms with E-state index in [1.54, 1.807) is 24.3 Å². The molecule has 0 bridgehead atoms. The summed E-state index contributed by atoms with van der Waals surface area (Å²) in [5, 5.41) is 9.21. The van der Waals surface area contributed by atoms with Crippen LogP contribution in [0, 0.1) is 17.3 Å². The van der Waals surface area contributed by atoms with Gasteiger partial charge in [-0.3, -0.25) is 14.4 Å². The second-order valence-corrected chi connectivity index (χ2v) is 14.4. The average molecular weight is 694 g/mol. The van der Waals surface area contributed by atoms with Gasteiger partial charge < -0.3 is 30.2 Å². The quantitative estimate of drug-likeness (QED) is 0.255. The maximum atomic E-state index is 14.0. The van der Waals surface area contributed by atoms with Crippen LogP contribution in [0.4, 0.5) is 0 Å². The topological polar surface area (TPSA) is 135 Å². The lowest BCUT2D eigenvalue weighted by Crippen LogP contribution is -2.55. The van der Waals surface area contributed by atoms with Gasteiger partial charge in [0.15, 0.2) is 0 Å². The molecule has 2 aromatic carbocycles. The van der Waals surface area contributed by atoms with Crippen LogP contribution in [0.1, 0.15) is 76.5 Å². The van der Waals surface area contributed by atoms with Crippen molar-refractivity contribution in [2.75, 3.05) is 13.7 Å². The summed E-state index contributed by atoms with van der Waals surface area (Å²) >= 11 is 6.37. The molecule has 5 rings (SSSR count). The van der Waals surface area contributed by atoms with E-state index in [1.807, 2.05) is 51.1 Å². The fraction of sp³-hybridized carbons (Fsp3) is 0.526. The first-order valence-corrected chi connectivity index (χ1v) is 17.7. The second-order valence-electron chi connectivity index (χ2n) is 14.0. The lowest BCUT2D eigenvalue weighted by atomic mass is 9.84. The van der Waals surface area contributed by atoms with Crippen molar-refractivity contribution in [2.24, 2.45) is 17.3 Å². The fourth-order valence-electron chi connectivity index (χ4n) is 6.97. The van der Waals surface area contributed by atoms with Crippen molar-refractivity contribution >= 4 is 35.3 Å². The Morgan fingerprint density at radius 1 is 0.980 bits per heavy atom. The molecule has 1 spiro atoms. The number of esters is 1. The summed E-state index contributed by atoms with van der Waals surface area (Å²) in [7, 11) is 1.52. The van der Waals surface area contributed by atoms with Crippen LogP contribution >= 0.6 is 11.6 Å². The predicted octanol–water partition coefficient (Wildman–Crippen LogP) is 5.23. The molecule has 2 aromatic rings. The Kier molecular flexibility index (Phi) is 12.0. The highest BCUT2D eigenvalue weighted by Gasteiger charge is 2.48. The third-order valence-electron chi connectivity index (χ3n) is 9.89. The summed E-state index contributed by atoms with van der Waals surface area (Å²) in [6.45, 7) is 6.03. The molecule has 2 heterocycles. The zero-order chi connectivity index (χ0) is 35.1. The van der Waals surface area contributed by atoms with Crippen LogP contribution in [0.3, 0.4) is 0 Å². The van der Waals surface area contributed by atoms with E-state index in [0.29, 0.717) is 30.0 Å². The summed E-state index contributed by atoms with van der Waals surface area (Å²) in [5.74, 6) is -1.29. The highest BCUT2D eigenvalue weighted by molar-refractivity contribution is 6.32. The van der Waals surface area contributed by atoms with Crippen LogP contribution in [-0.4, -0.2) is 61.6 Å². The third-order valence-corrected chi connectivity index (χ3v) is 10.2. The summed E-state index contributed by atoms with van der Waals surface area (Å²) in [6, 6.07) is 13.3. The Hall–Kier alpha value is -3.89. The number of nitrogens with one attached hydrogen (secondary N) is 3. The molecular formula is C38H48ClN3O7. The van der Waals surface area contributed by atoms with Gasteiger partial charge in [-0.1, -0.05) is 87.7 Å². The zero-order valence-corrected chi connectivity index (χ0v) is 29.5. The molecule has 264 valence electrons. The van der Waals surface area contributed by atoms with Gasteiger partial charge in [0.25, 0.3) is 0 Å². The van der Waals surface area contributed by atoms with Gasteiger partial charge in [-0.05, 0) is 54.5 Å². The van der Waals surface area contributed by atoms with Gasteiger partial charge in [-0.15, -0.1) is 0 Å². The molecule has 6 atom stereocenters. The number of benzene rings is 2. The second kappa shape index (κ2) is 16.2. The van der Waals surface area contributed by atoms with Crippen LogP contribution in [0.5, 0.6) is 5.75 Å². The average Bonchev–Trinajstić information content (AvgIpc) is 3.73. The number of hydrogen-bond acceptors (Lipinski definition) is 7. The lowest BCUT2D eigenvalue weighted by molar-refractivity contribution is -0.157. The van der Waals surface area contributed by atoms with Crippen LogP contribution < -0.4 is 20.7 Å². The molecule has 2 fully saturated rings. The Morgan fingerprint density at radius 3 is 2.39 bits per heavy atom. The van der Waals surface area contributed by atoms with Crippen molar-refractivity contribution in [1.82, 2.24) is 16.0 Å². The number of carbonyl (C=O) groups excluding carboxylic acids is 4. The first kappa shape index (κ1) is 36.4. The predicted molar refractivity (Wildman–Crippen MR) is 186 cm³/mol. The van der Waals surface area contributed by atoms with Crippen molar-refractivity contribution in [1.29, 1.82) is 0 Å². The van der Waals surface area contributed by atoms with Crippen molar-refractivity contribution < 1.29 is 33.4 Å². The molecule has 1 saturated heterocycles. The molecule has 1 saturated carbocycles. The number of hydrogen-bond donors (Lipinski definition) is 3. The van der Waals surface area contributed by atoms with E-state index in [2.05, 4.69) is 16.0 Å². The number of methoxy groups -OCH3 is 1. The number of halogens is 1. The number of carbonyl (C=O) groups is 4. The highest BCUT2D eigenvalue weighted by atomic mass is 35.5. The lowest BCUT2D eigenvalue weighted by Gasteiger charge is -2.32. The number of epoxide rings is 1. The minimum absolute atomic E-state index is 0.0756. The Morgan fingerprint density at radius 2 is 1.71 bits per heavy atom. The summed E-state index contributed by atoms with van der Waals surface area (Å²) < 4.78 is 17.5. The van der Waals surface area contributed by atoms with Gasteiger partial charge in [-0.25, -0.2) is 4.79 Å². The van der Waals surface area contributed by atoms with Gasteiger partial charge >= 0.3 is 5.97 Å². The number of cyclic esters (lactones) is 1. The number of rotatable bonds is 8. The molecule has 2 aliphatic heterocycles. The van der Waals surface area contributed by atoms with Crippen molar-refractivity contribution in [3.63, 3.8) is 0 Å². The van der Waals surface area contributed by atoms with E-state index in [4.69, 9.17) is 25.8 Å². The monoisotopic (exact) mass is 693 g/mol. The number of amides is 3. The molecular weight excluding hydrogens is 646 g/mol. The minimum atomic E-state index is -0.941. The molecule has 1 aliphatic carbocycles. The van der Waals surface area contributed by atoms with Crippen molar-refractivity contribution in [3.05, 3.63) is 76.8 Å². The summed E-state index contributed by atoms with van der Waals surface area (Å²) in [5.41, 5.74) is 0.883. The summed E-state index contributed by atoms with van der Waals surface area (Å²) in [4.78, 5) is 54.8. The maximum absolute atomic E-state index is 14.0. The van der Waals surface area contributed by atoms with Gasteiger partial charge in [-0.2, -0.15) is 0 Å². The van der Waals surface area contributed by atoms with E-state index in [0.717, 1.165) is 24.0 Å². The summed E-state index contributed by atoms with van der Waals surface area (Å²) in [6.07, 6.45) is 5.66. The van der Waals surface area contributed by atoms with Gasteiger partial charge in [0.2, 0.25) is 17.7 Å². The van der Waals surface area contributed by atoms with Crippen molar-refractivity contribution in [2.45, 2.75) is 96.1 Å². The molecule has 2 unspecified atom stereocenters. The molecule has 3 N–H and O–H groups in total. The normalized spacial score (nSPS) is 26.9. The Bertz CT molecular complexity index is 1520. The third kappa shape index (κ3) is 9.22. The number of ether oxygens (including phenoxy) is 3. The SMILES string of the molecule is COc1ccc(C[C@H]2NC(=O)C=CC[C@@H]([C@H](C)C3OC3c3ccccc3)OC(=O)[C@H](CC(C)C)NC(=O)C3(CCCC3)CNC2=O)cc1Cl. The van der Waals surface area contributed by atoms with Crippen LogP contribution in [0.15, 0.2) is 60.7 Å². The van der Waals surface area contributed by atoms with Gasteiger partial charge in [0, 0.05) is 25.3 Å². The van der Waals surface area contributed by atoms with E-state index in [-0.39, 0.29) is 49.3 Å². The first-order valence-electron chi connectivity index (χ1n) is 17.3. The smallest absolute Gasteiger partial charge is 0.328 e. The fourth-order valence-corrected chi connectivity index (χ4v) is 7.25. The molecule has 3 amide bonds. The van der Waals surface area contributed by atoms with Gasteiger partial charge in [0.1, 0.15) is 30.0 Å². The molecule has 10 nitrogen and oxygen atoms in total. The van der Waals surface area contributed by atoms with Crippen molar-refractivity contribution in [3.8, 4) is 5.75 Å². The molecule has 49 heavy (non-hydrogen) atoms. The molecule has 0 aromatic heterocycles. The van der Waals surface area contributed by atoms with Crippen LogP contribution in [0.2, 0.25) is 5.02 Å². The first-order chi connectivity index (χ1) is 23.5. The van der Waals surface area contributed by atoms with E-state index in [9.17, 15) is 19.2 Å². The highest BCUT2D eigenvalue weighted by Crippen LogP contribution is 2.45. The molecule has 0 radical (unpaired) electrons. The zero-order valence-electron chi connectivity index (χ0n) is 28.7. The Balaban J connectivity index is 1.43. The Labute approximate surface area is 293 Å². The molecule has 3 aliphatic rings. The minimum Gasteiger partial charge on any atom is -0.495 e. The standard InChI is InChI=1S/C38H48ClN3O7/c1-23(2)19-29-36(45)48-30(24(3)33-34(49-33)26-11-6-5-7-12-26)13-10-14-32(43)41-28(21-25-15-16-31(47-4)27(39)20-25)35(44)40-22-38(37(46)42-29)17-8-9-18-38/h5-7,10-12,14-16,20,23-24,28-30,33-34H,8-9,13,17-19,21-22H2,1-4H3,(H,40,44)(H,41,43)(H,42,46)/t24-,28+,29-,30-,33?,34?/m0/s1.